The molecule has 3 heterocycles. The number of thioether (sulfide) groups is 1. The van der Waals surface area contributed by atoms with Gasteiger partial charge in [0.05, 0.1) is 34.9 Å². The number of hydrogen-bond donors (Lipinski definition) is 2. The molecule has 2 aromatic heterocycles. The molecule has 7 nitrogen and oxygen atoms in total. The first-order chi connectivity index (χ1) is 16.1. The summed E-state index contributed by atoms with van der Waals surface area (Å²) in [7, 11) is 0. The fourth-order valence-electron chi connectivity index (χ4n) is 3.71. The molecule has 1 aliphatic heterocycles. The summed E-state index contributed by atoms with van der Waals surface area (Å²) in [6.45, 7) is 5.21. The Bertz CT molecular complexity index is 1250. The second-order valence-electron chi connectivity index (χ2n) is 7.89. The Balaban J connectivity index is 1.18. The highest BCUT2D eigenvalue weighted by atomic mass is 32.2. The molecule has 2 aromatic carbocycles. The zero-order chi connectivity index (χ0) is 22.6. The van der Waals surface area contributed by atoms with Gasteiger partial charge in [-0.05, 0) is 30.7 Å². The molecule has 0 saturated carbocycles. The molecule has 0 spiro atoms. The molecule has 1 aliphatic rings. The maximum Gasteiger partial charge on any atom is 0.234 e. The van der Waals surface area contributed by atoms with Crippen LogP contribution in [0.3, 0.4) is 0 Å². The van der Waals surface area contributed by atoms with Gasteiger partial charge in [-0.3, -0.25) is 4.79 Å². The normalized spacial score (nSPS) is 14.0. The number of aromatic amines is 1. The van der Waals surface area contributed by atoms with Gasteiger partial charge in [-0.2, -0.15) is 0 Å². The molecule has 33 heavy (non-hydrogen) atoms. The molecule has 0 aliphatic carbocycles. The van der Waals surface area contributed by atoms with Gasteiger partial charge in [0, 0.05) is 30.9 Å². The number of H-pyrrole nitrogens is 1. The number of imidazole rings is 1. The third kappa shape index (κ3) is 5.38. The Hall–Kier alpha value is -2.88. The summed E-state index contributed by atoms with van der Waals surface area (Å²) in [6, 6.07) is 16.1. The molecule has 0 unspecified atom stereocenters. The van der Waals surface area contributed by atoms with E-state index in [2.05, 4.69) is 32.3 Å². The highest BCUT2D eigenvalue weighted by Crippen LogP contribution is 2.31. The Morgan fingerprint density at radius 3 is 2.82 bits per heavy atom. The number of amides is 1. The average molecular weight is 480 g/mol. The monoisotopic (exact) mass is 479 g/mol. The van der Waals surface area contributed by atoms with Crippen LogP contribution in [0.1, 0.15) is 17.0 Å². The summed E-state index contributed by atoms with van der Waals surface area (Å²) < 4.78 is 6.49. The Morgan fingerprint density at radius 1 is 1.18 bits per heavy atom. The lowest BCUT2D eigenvalue weighted by atomic mass is 10.1. The van der Waals surface area contributed by atoms with Crippen molar-refractivity contribution in [3.05, 3.63) is 65.5 Å². The van der Waals surface area contributed by atoms with Gasteiger partial charge < -0.3 is 19.9 Å². The van der Waals surface area contributed by atoms with Crippen molar-refractivity contribution in [3.63, 3.8) is 0 Å². The minimum atomic E-state index is -0.0593. The molecule has 0 radical (unpaired) electrons. The highest BCUT2D eigenvalue weighted by molar-refractivity contribution is 7.99. The van der Waals surface area contributed by atoms with E-state index in [0.717, 1.165) is 70.3 Å². The number of aromatic nitrogens is 3. The number of rotatable bonds is 7. The van der Waals surface area contributed by atoms with Crippen LogP contribution in [0.15, 0.2) is 53.7 Å². The van der Waals surface area contributed by atoms with Gasteiger partial charge in [0.1, 0.15) is 0 Å². The molecule has 4 aromatic rings. The number of thiazole rings is 1. The molecule has 170 valence electrons. The lowest BCUT2D eigenvalue weighted by Crippen LogP contribution is -2.36. The molecule has 0 bridgehead atoms. The number of nitrogens with zero attached hydrogens (tertiary/aromatic N) is 3. The van der Waals surface area contributed by atoms with Crippen molar-refractivity contribution in [3.8, 4) is 0 Å². The molecular weight excluding hydrogens is 454 g/mol. The van der Waals surface area contributed by atoms with Gasteiger partial charge in [-0.25, -0.2) is 9.97 Å². The van der Waals surface area contributed by atoms with Crippen molar-refractivity contribution < 1.29 is 9.53 Å². The van der Waals surface area contributed by atoms with Crippen LogP contribution in [0.2, 0.25) is 0 Å². The van der Waals surface area contributed by atoms with E-state index in [1.54, 1.807) is 11.3 Å². The fraction of sp³-hybridized carbons (Fsp3) is 0.292. The predicted octanol–water partition coefficient (Wildman–Crippen LogP) is 4.49. The number of hydrogen-bond acceptors (Lipinski definition) is 7. The van der Waals surface area contributed by atoms with E-state index < -0.39 is 0 Å². The van der Waals surface area contributed by atoms with Gasteiger partial charge in [0.25, 0.3) is 0 Å². The minimum absolute atomic E-state index is 0.0593. The minimum Gasteiger partial charge on any atom is -0.378 e. The number of carbonyl (C=O) groups is 1. The van der Waals surface area contributed by atoms with Gasteiger partial charge in [0.2, 0.25) is 5.91 Å². The van der Waals surface area contributed by atoms with Crippen LogP contribution < -0.4 is 10.2 Å². The van der Waals surface area contributed by atoms with Crippen LogP contribution >= 0.6 is 23.1 Å². The number of ether oxygens (including phenoxy) is 1. The SMILES string of the molecule is Cc1[nH]c(SCC(=O)Nc2ccc3nc(N4CCOCC4)sc3c2)nc1Cc1ccccc1. The van der Waals surface area contributed by atoms with Gasteiger partial charge in [-0.15, -0.1) is 0 Å². The predicted molar refractivity (Wildman–Crippen MR) is 135 cm³/mol. The van der Waals surface area contributed by atoms with E-state index in [1.807, 2.05) is 43.3 Å². The van der Waals surface area contributed by atoms with Crippen LogP contribution in [0.4, 0.5) is 10.8 Å². The Kier molecular flexibility index (Phi) is 6.61. The first kappa shape index (κ1) is 21.9. The van der Waals surface area contributed by atoms with E-state index in [4.69, 9.17) is 9.72 Å². The third-order valence-corrected chi connectivity index (χ3v) is 7.41. The fourth-order valence-corrected chi connectivity index (χ4v) is 5.50. The van der Waals surface area contributed by atoms with E-state index in [-0.39, 0.29) is 11.7 Å². The largest absolute Gasteiger partial charge is 0.378 e. The highest BCUT2D eigenvalue weighted by Gasteiger charge is 2.16. The van der Waals surface area contributed by atoms with Gasteiger partial charge >= 0.3 is 0 Å². The zero-order valence-corrected chi connectivity index (χ0v) is 20.0. The summed E-state index contributed by atoms with van der Waals surface area (Å²) in [5.41, 5.74) is 5.00. The van der Waals surface area contributed by atoms with E-state index >= 15 is 0 Å². The van der Waals surface area contributed by atoms with Gasteiger partial charge in [-0.1, -0.05) is 53.4 Å². The van der Waals surface area contributed by atoms with Gasteiger partial charge in [0.15, 0.2) is 10.3 Å². The van der Waals surface area contributed by atoms with E-state index in [1.165, 1.54) is 17.3 Å². The summed E-state index contributed by atoms with van der Waals surface area (Å²) >= 11 is 3.06. The average Bonchev–Trinajstić information content (AvgIpc) is 3.42. The number of aryl methyl sites for hydroxylation is 1. The second kappa shape index (κ2) is 9.94. The summed E-state index contributed by atoms with van der Waals surface area (Å²) in [6.07, 6.45) is 0.775. The summed E-state index contributed by atoms with van der Waals surface area (Å²) in [5, 5.41) is 4.77. The van der Waals surface area contributed by atoms with E-state index in [0.29, 0.717) is 0 Å². The van der Waals surface area contributed by atoms with E-state index in [9.17, 15) is 4.79 Å². The maximum absolute atomic E-state index is 12.5. The number of morpholine rings is 1. The molecule has 9 heteroatoms. The molecule has 2 N–H and O–H groups in total. The molecule has 1 fully saturated rings. The lowest BCUT2D eigenvalue weighted by Gasteiger charge is -2.25. The molecule has 5 rings (SSSR count). The molecular formula is C24H25N5O2S2. The standard InChI is InChI=1S/C24H25N5O2S2/c1-16-20(13-17-5-3-2-4-6-17)27-23(25-16)32-15-22(30)26-18-7-8-19-21(14-18)33-24(28-19)29-9-11-31-12-10-29/h2-8,14H,9-13,15H2,1H3,(H,25,27)(H,26,30). The Morgan fingerprint density at radius 2 is 2.00 bits per heavy atom. The third-order valence-electron chi connectivity index (χ3n) is 5.46. The van der Waals surface area contributed by atoms with Crippen molar-refractivity contribution in [2.75, 3.05) is 42.3 Å². The van der Waals surface area contributed by atoms with Crippen molar-refractivity contribution in [1.82, 2.24) is 15.0 Å². The summed E-state index contributed by atoms with van der Waals surface area (Å²) in [5.74, 6) is 0.230. The number of carbonyl (C=O) groups excluding carboxylic acids is 1. The second-order valence-corrected chi connectivity index (χ2v) is 9.86. The lowest BCUT2D eigenvalue weighted by molar-refractivity contribution is -0.113. The van der Waals surface area contributed by atoms with Crippen LogP contribution in [0.5, 0.6) is 0 Å². The smallest absolute Gasteiger partial charge is 0.234 e. The number of fused-ring (bicyclic) bond motifs is 1. The zero-order valence-electron chi connectivity index (χ0n) is 18.3. The first-order valence-corrected chi connectivity index (χ1v) is 12.7. The molecule has 0 atom stereocenters. The maximum atomic E-state index is 12.5. The first-order valence-electron chi connectivity index (χ1n) is 10.9. The van der Waals surface area contributed by atoms with Crippen LogP contribution in [0, 0.1) is 6.92 Å². The van der Waals surface area contributed by atoms with Crippen molar-refractivity contribution in [1.29, 1.82) is 0 Å². The van der Waals surface area contributed by atoms with Crippen molar-refractivity contribution >= 4 is 50.0 Å². The van der Waals surface area contributed by atoms with Crippen LogP contribution in [-0.4, -0.2) is 52.9 Å². The molecule has 1 amide bonds. The number of anilines is 2. The quantitative estimate of drug-likeness (QED) is 0.380. The topological polar surface area (TPSA) is 83.1 Å². The van der Waals surface area contributed by atoms with Crippen molar-refractivity contribution in [2.45, 2.75) is 18.5 Å². The van der Waals surface area contributed by atoms with Crippen LogP contribution in [-0.2, 0) is 16.0 Å². The summed E-state index contributed by atoms with van der Waals surface area (Å²) in [4.78, 5) is 27.5. The molecule has 1 saturated heterocycles. The number of nitrogens with one attached hydrogen (secondary N) is 2. The van der Waals surface area contributed by atoms with Crippen LogP contribution in [0.25, 0.3) is 10.2 Å². The number of benzene rings is 2. The Labute approximate surface area is 200 Å². The van der Waals surface area contributed by atoms with Crippen molar-refractivity contribution in [2.24, 2.45) is 0 Å².